The van der Waals surface area contributed by atoms with Gasteiger partial charge >= 0.3 is 0 Å². The molecular weight excluding hydrogens is 333 g/mol. The molecule has 0 unspecified atom stereocenters. The number of ether oxygens (including phenoxy) is 2. The Kier molecular flexibility index (Phi) is 6.84. The summed E-state index contributed by atoms with van der Waals surface area (Å²) in [7, 11) is 0. The average Bonchev–Trinajstić information content (AvgIpc) is 2.61. The van der Waals surface area contributed by atoms with Crippen LogP contribution in [0.5, 0.6) is 0 Å². The predicted octanol–water partition coefficient (Wildman–Crippen LogP) is -0.715. The normalized spacial score (nSPS) is 15.5. The molecule has 3 N–H and O–H groups in total. The van der Waals surface area contributed by atoms with Crippen molar-refractivity contribution in [1.29, 1.82) is 0 Å². The fraction of sp³-hybridized carbons (Fsp3) is 0.438. The molecule has 0 radical (unpaired) electrons. The molecule has 1 aliphatic heterocycles. The highest BCUT2D eigenvalue weighted by Gasteiger charge is 2.28. The Morgan fingerprint density at radius 3 is 2.48 bits per heavy atom. The van der Waals surface area contributed by atoms with Crippen molar-refractivity contribution in [2.75, 3.05) is 39.5 Å². The van der Waals surface area contributed by atoms with Gasteiger partial charge in [0.1, 0.15) is 18.5 Å². The van der Waals surface area contributed by atoms with E-state index >= 15 is 0 Å². The number of carbonyl (C=O) groups is 3. The number of nitrogens with zero attached hydrogens (tertiary/aromatic N) is 1. The molecule has 1 saturated heterocycles. The molecule has 3 amide bonds. The molecule has 1 heterocycles. The average molecular weight is 353 g/mol. The molecule has 0 bridgehead atoms. The minimum atomic E-state index is -0.991. The SMILES string of the molecule is NC(=O)COC[C@H](NC(=O)c1ccc(F)cc1)C(=O)N1CCOCC1. The van der Waals surface area contributed by atoms with Crippen molar-refractivity contribution in [3.63, 3.8) is 0 Å². The van der Waals surface area contributed by atoms with Crippen LogP contribution < -0.4 is 11.1 Å². The summed E-state index contributed by atoms with van der Waals surface area (Å²) >= 11 is 0. The number of carbonyl (C=O) groups excluding carboxylic acids is 3. The second-order valence-corrected chi connectivity index (χ2v) is 5.45. The summed E-state index contributed by atoms with van der Waals surface area (Å²) in [6, 6.07) is 3.93. The van der Waals surface area contributed by atoms with Crippen LogP contribution in [0.3, 0.4) is 0 Å². The number of rotatable bonds is 7. The number of nitrogens with two attached hydrogens (primary N) is 1. The maximum Gasteiger partial charge on any atom is 0.251 e. The van der Waals surface area contributed by atoms with Gasteiger partial charge < -0.3 is 25.4 Å². The number of benzene rings is 1. The van der Waals surface area contributed by atoms with Crippen LogP contribution in [0.4, 0.5) is 4.39 Å². The Bertz CT molecular complexity index is 617. The van der Waals surface area contributed by atoms with Gasteiger partial charge in [0.05, 0.1) is 19.8 Å². The van der Waals surface area contributed by atoms with Crippen molar-refractivity contribution in [2.24, 2.45) is 5.73 Å². The molecule has 1 aliphatic rings. The zero-order chi connectivity index (χ0) is 18.2. The number of primary amides is 1. The van der Waals surface area contributed by atoms with E-state index in [0.29, 0.717) is 26.3 Å². The van der Waals surface area contributed by atoms with E-state index in [2.05, 4.69) is 5.32 Å². The number of hydrogen-bond acceptors (Lipinski definition) is 5. The topological polar surface area (TPSA) is 111 Å². The van der Waals surface area contributed by atoms with Crippen LogP contribution >= 0.6 is 0 Å². The fourth-order valence-electron chi connectivity index (χ4n) is 2.30. The van der Waals surface area contributed by atoms with Crippen LogP contribution in [-0.4, -0.2) is 68.2 Å². The van der Waals surface area contributed by atoms with Gasteiger partial charge in [-0.25, -0.2) is 4.39 Å². The van der Waals surface area contributed by atoms with Crippen molar-refractivity contribution in [1.82, 2.24) is 10.2 Å². The monoisotopic (exact) mass is 353 g/mol. The standard InChI is InChI=1S/C16H20FN3O5/c17-12-3-1-11(2-4-12)15(22)19-13(9-25-10-14(18)21)16(23)20-5-7-24-8-6-20/h1-4,13H,5-10H2,(H2,18,21)(H,19,22)/t13-/m0/s1. The molecular formula is C16H20FN3O5. The second kappa shape index (κ2) is 9.09. The second-order valence-electron chi connectivity index (χ2n) is 5.45. The number of hydrogen-bond donors (Lipinski definition) is 2. The summed E-state index contributed by atoms with van der Waals surface area (Å²) in [5.74, 6) is -2.04. The van der Waals surface area contributed by atoms with E-state index in [-0.39, 0.29) is 24.7 Å². The molecule has 8 nitrogen and oxygen atoms in total. The number of amides is 3. The van der Waals surface area contributed by atoms with E-state index in [0.717, 1.165) is 12.1 Å². The molecule has 2 rings (SSSR count). The van der Waals surface area contributed by atoms with Crippen LogP contribution in [0.25, 0.3) is 0 Å². The van der Waals surface area contributed by atoms with Crippen LogP contribution in [-0.2, 0) is 19.1 Å². The van der Waals surface area contributed by atoms with Gasteiger partial charge in [0.15, 0.2) is 0 Å². The third kappa shape index (κ3) is 5.80. The van der Waals surface area contributed by atoms with Gasteiger partial charge in [-0.05, 0) is 24.3 Å². The molecule has 0 spiro atoms. The Balaban J connectivity index is 2.03. The third-order valence-electron chi connectivity index (χ3n) is 3.56. The molecule has 0 aliphatic carbocycles. The summed E-state index contributed by atoms with van der Waals surface area (Å²) in [4.78, 5) is 37.2. The van der Waals surface area contributed by atoms with E-state index in [9.17, 15) is 18.8 Å². The number of halogens is 1. The summed E-state index contributed by atoms with van der Waals surface area (Å²) in [5.41, 5.74) is 5.21. The maximum atomic E-state index is 13.0. The van der Waals surface area contributed by atoms with Crippen molar-refractivity contribution in [2.45, 2.75) is 6.04 Å². The molecule has 1 fully saturated rings. The molecule has 9 heteroatoms. The van der Waals surface area contributed by atoms with Crippen LogP contribution in [0.2, 0.25) is 0 Å². The first kappa shape index (κ1) is 18.8. The van der Waals surface area contributed by atoms with Crippen molar-refractivity contribution >= 4 is 17.7 Å². The van der Waals surface area contributed by atoms with Crippen molar-refractivity contribution in [3.05, 3.63) is 35.6 Å². The van der Waals surface area contributed by atoms with E-state index in [1.165, 1.54) is 12.1 Å². The summed E-state index contributed by atoms with van der Waals surface area (Å²) in [6.45, 7) is 1.06. The van der Waals surface area contributed by atoms with E-state index in [4.69, 9.17) is 15.2 Å². The molecule has 0 saturated carbocycles. The lowest BCUT2D eigenvalue weighted by Crippen LogP contribution is -2.53. The summed E-state index contributed by atoms with van der Waals surface area (Å²) in [6.07, 6.45) is 0. The quantitative estimate of drug-likeness (QED) is 0.672. The van der Waals surface area contributed by atoms with E-state index in [1.807, 2.05) is 0 Å². The van der Waals surface area contributed by atoms with E-state index in [1.54, 1.807) is 4.90 Å². The molecule has 1 aromatic carbocycles. The molecule has 0 aromatic heterocycles. The highest BCUT2D eigenvalue weighted by Crippen LogP contribution is 2.06. The molecule has 1 atom stereocenters. The molecule has 25 heavy (non-hydrogen) atoms. The number of morpholine rings is 1. The highest BCUT2D eigenvalue weighted by atomic mass is 19.1. The first-order valence-corrected chi connectivity index (χ1v) is 7.76. The fourth-order valence-corrected chi connectivity index (χ4v) is 2.30. The lowest BCUT2D eigenvalue weighted by atomic mass is 10.1. The zero-order valence-electron chi connectivity index (χ0n) is 13.6. The third-order valence-corrected chi connectivity index (χ3v) is 3.56. The zero-order valence-corrected chi connectivity index (χ0v) is 13.6. The largest absolute Gasteiger partial charge is 0.378 e. The first-order valence-electron chi connectivity index (χ1n) is 7.76. The van der Waals surface area contributed by atoms with Crippen LogP contribution in [0, 0.1) is 5.82 Å². The number of nitrogens with one attached hydrogen (secondary N) is 1. The Morgan fingerprint density at radius 2 is 1.88 bits per heavy atom. The van der Waals surface area contributed by atoms with Gasteiger partial charge in [-0.15, -0.1) is 0 Å². The van der Waals surface area contributed by atoms with Crippen molar-refractivity contribution < 1.29 is 28.2 Å². The van der Waals surface area contributed by atoms with Crippen molar-refractivity contribution in [3.8, 4) is 0 Å². The van der Waals surface area contributed by atoms with Gasteiger partial charge in [0, 0.05) is 18.7 Å². The molecule has 1 aromatic rings. The minimum absolute atomic E-state index is 0.202. The minimum Gasteiger partial charge on any atom is -0.378 e. The Hall–Kier alpha value is -2.52. The Labute approximate surface area is 144 Å². The van der Waals surface area contributed by atoms with Gasteiger partial charge in [-0.1, -0.05) is 0 Å². The van der Waals surface area contributed by atoms with Gasteiger partial charge in [-0.2, -0.15) is 0 Å². The van der Waals surface area contributed by atoms with Crippen LogP contribution in [0.1, 0.15) is 10.4 Å². The highest BCUT2D eigenvalue weighted by molar-refractivity contribution is 5.97. The van der Waals surface area contributed by atoms with E-state index < -0.39 is 23.7 Å². The first-order chi connectivity index (χ1) is 12.0. The smallest absolute Gasteiger partial charge is 0.251 e. The maximum absolute atomic E-state index is 13.0. The summed E-state index contributed by atoms with van der Waals surface area (Å²) in [5, 5.41) is 2.55. The Morgan fingerprint density at radius 1 is 1.24 bits per heavy atom. The summed E-state index contributed by atoms with van der Waals surface area (Å²) < 4.78 is 23.2. The predicted molar refractivity (Wildman–Crippen MR) is 85.1 cm³/mol. The molecule has 136 valence electrons. The lowest BCUT2D eigenvalue weighted by molar-refractivity contribution is -0.139. The van der Waals surface area contributed by atoms with Crippen LogP contribution in [0.15, 0.2) is 24.3 Å². The van der Waals surface area contributed by atoms with Gasteiger partial charge in [0.2, 0.25) is 11.8 Å². The lowest BCUT2D eigenvalue weighted by Gasteiger charge is -2.30. The van der Waals surface area contributed by atoms with Gasteiger partial charge in [-0.3, -0.25) is 14.4 Å². The van der Waals surface area contributed by atoms with Gasteiger partial charge in [0.25, 0.3) is 5.91 Å².